The van der Waals surface area contributed by atoms with Crippen LogP contribution in [0.5, 0.6) is 0 Å². The van der Waals surface area contributed by atoms with Crippen LogP contribution in [0.15, 0.2) is 33.2 Å². The Labute approximate surface area is 123 Å². The molecule has 0 radical (unpaired) electrons. The van der Waals surface area contributed by atoms with E-state index >= 15 is 0 Å². The van der Waals surface area contributed by atoms with Gasteiger partial charge in [0.15, 0.2) is 4.90 Å². The first-order valence-electron chi connectivity index (χ1n) is 6.15. The van der Waals surface area contributed by atoms with Crippen LogP contribution in [-0.2, 0) is 15.6 Å². The maximum atomic E-state index is 11.8. The molecule has 10 heteroatoms. The number of imidazole rings is 1. The lowest BCUT2D eigenvalue weighted by Gasteiger charge is -2.09. The van der Waals surface area contributed by atoms with Crippen LogP contribution in [0.2, 0.25) is 0 Å². The summed E-state index contributed by atoms with van der Waals surface area (Å²) in [4.78, 5) is 28.6. The summed E-state index contributed by atoms with van der Waals surface area (Å²) in [5.41, 5.74) is -0.973. The molecule has 2 aromatic rings. The van der Waals surface area contributed by atoms with Gasteiger partial charge in [0.1, 0.15) is 0 Å². The van der Waals surface area contributed by atoms with Crippen molar-refractivity contribution >= 4 is 19.7 Å². The average Bonchev–Trinajstić information content (AvgIpc) is 3.11. The largest absolute Gasteiger partial charge is 0.330 e. The highest BCUT2D eigenvalue weighted by molar-refractivity contribution is 8.13. The van der Waals surface area contributed by atoms with E-state index < -0.39 is 25.2 Å². The Bertz CT molecular complexity index is 907. The number of H-pyrrole nitrogens is 1. The summed E-state index contributed by atoms with van der Waals surface area (Å²) >= 11 is 0. The molecule has 0 unspecified atom stereocenters. The highest BCUT2D eigenvalue weighted by atomic mass is 35.7. The Hall–Kier alpha value is -1.87. The molecule has 1 aliphatic rings. The lowest BCUT2D eigenvalue weighted by molar-refractivity contribution is 0.598. The number of aromatic nitrogens is 4. The van der Waals surface area contributed by atoms with E-state index in [1.54, 1.807) is 12.5 Å². The predicted octanol–water partition coefficient (Wildman–Crippen LogP) is 0.0438. The number of hydrogen-bond donors (Lipinski definition) is 1. The number of nitrogens with one attached hydrogen (secondary N) is 1. The molecule has 1 fully saturated rings. The summed E-state index contributed by atoms with van der Waals surface area (Å²) in [6.07, 6.45) is 6.32. The molecular weight excluding hydrogens is 320 g/mol. The van der Waals surface area contributed by atoms with Crippen molar-refractivity contribution in [2.24, 2.45) is 0 Å². The average molecular weight is 331 g/mol. The SMILES string of the molecule is O=c1[nH]c(=O)n(Cc2cncn2C2CC2)cc1S(=O)(=O)Cl. The van der Waals surface area contributed by atoms with Crippen LogP contribution < -0.4 is 11.2 Å². The van der Waals surface area contributed by atoms with Crippen molar-refractivity contribution in [1.29, 1.82) is 0 Å². The Kier molecular flexibility index (Phi) is 3.25. The molecule has 21 heavy (non-hydrogen) atoms. The monoisotopic (exact) mass is 330 g/mol. The van der Waals surface area contributed by atoms with Gasteiger partial charge in [-0.3, -0.25) is 14.3 Å². The smallest absolute Gasteiger partial charge is 0.328 e. The van der Waals surface area contributed by atoms with Crippen LogP contribution in [0.3, 0.4) is 0 Å². The Balaban J connectivity index is 2.04. The van der Waals surface area contributed by atoms with Crippen LogP contribution >= 0.6 is 10.7 Å². The normalized spacial score (nSPS) is 15.3. The third kappa shape index (κ3) is 2.79. The fourth-order valence-electron chi connectivity index (χ4n) is 2.09. The Morgan fingerprint density at radius 3 is 2.71 bits per heavy atom. The zero-order valence-corrected chi connectivity index (χ0v) is 12.3. The van der Waals surface area contributed by atoms with Crippen molar-refractivity contribution in [1.82, 2.24) is 19.1 Å². The van der Waals surface area contributed by atoms with Gasteiger partial charge in [0.2, 0.25) is 0 Å². The van der Waals surface area contributed by atoms with Crippen molar-refractivity contribution in [2.75, 3.05) is 0 Å². The van der Waals surface area contributed by atoms with Gasteiger partial charge >= 0.3 is 5.69 Å². The molecule has 1 N–H and O–H groups in total. The van der Waals surface area contributed by atoms with Gasteiger partial charge in [-0.2, -0.15) is 0 Å². The topological polar surface area (TPSA) is 107 Å². The molecule has 0 aromatic carbocycles. The van der Waals surface area contributed by atoms with Gasteiger partial charge in [0.25, 0.3) is 14.6 Å². The number of rotatable bonds is 4. The zero-order valence-electron chi connectivity index (χ0n) is 10.7. The molecular formula is C11H11ClN4O4S. The van der Waals surface area contributed by atoms with Crippen LogP contribution in [0.4, 0.5) is 0 Å². The van der Waals surface area contributed by atoms with Crippen LogP contribution in [-0.4, -0.2) is 27.5 Å². The number of nitrogens with zero attached hydrogens (tertiary/aromatic N) is 3. The second kappa shape index (κ2) is 4.85. The zero-order chi connectivity index (χ0) is 15.2. The second-order valence-electron chi connectivity index (χ2n) is 4.84. The molecule has 2 heterocycles. The van der Waals surface area contributed by atoms with Gasteiger partial charge in [-0.15, -0.1) is 0 Å². The first kappa shape index (κ1) is 14.1. The van der Waals surface area contributed by atoms with Crippen LogP contribution in [0.25, 0.3) is 0 Å². The number of aromatic amines is 1. The summed E-state index contributed by atoms with van der Waals surface area (Å²) in [6, 6.07) is 0.372. The van der Waals surface area contributed by atoms with E-state index in [0.29, 0.717) is 6.04 Å². The molecule has 3 rings (SSSR count). The van der Waals surface area contributed by atoms with E-state index in [4.69, 9.17) is 10.7 Å². The highest BCUT2D eigenvalue weighted by Crippen LogP contribution is 2.35. The number of hydrogen-bond acceptors (Lipinski definition) is 5. The lowest BCUT2D eigenvalue weighted by atomic mass is 10.4. The summed E-state index contributed by atoms with van der Waals surface area (Å²) < 4.78 is 25.7. The van der Waals surface area contributed by atoms with Gasteiger partial charge in [0.05, 0.1) is 18.6 Å². The van der Waals surface area contributed by atoms with E-state index in [9.17, 15) is 18.0 Å². The van der Waals surface area contributed by atoms with Gasteiger partial charge in [-0.25, -0.2) is 18.2 Å². The van der Waals surface area contributed by atoms with E-state index in [1.165, 1.54) is 0 Å². The minimum atomic E-state index is -4.22. The standard InChI is InChI=1S/C11H11ClN4O4S/c12-21(19,20)9-5-15(11(18)14-10(9)17)4-8-3-13-6-16(8)7-1-2-7/h3,5-7H,1-2,4H2,(H,14,17,18). The molecule has 112 valence electrons. The Morgan fingerprint density at radius 2 is 2.10 bits per heavy atom. The minimum absolute atomic E-state index is 0.103. The van der Waals surface area contributed by atoms with E-state index in [-0.39, 0.29) is 6.54 Å². The minimum Gasteiger partial charge on any atom is -0.330 e. The molecule has 0 atom stereocenters. The summed E-state index contributed by atoms with van der Waals surface area (Å²) in [5.74, 6) is 0. The van der Waals surface area contributed by atoms with Gasteiger partial charge in [0, 0.05) is 29.1 Å². The fraction of sp³-hybridized carbons (Fsp3) is 0.364. The first-order chi connectivity index (χ1) is 9.86. The predicted molar refractivity (Wildman–Crippen MR) is 74.0 cm³/mol. The molecule has 0 aliphatic heterocycles. The van der Waals surface area contributed by atoms with Crippen molar-refractivity contribution in [3.05, 3.63) is 45.3 Å². The van der Waals surface area contributed by atoms with Gasteiger partial charge in [-0.1, -0.05) is 0 Å². The summed E-state index contributed by atoms with van der Waals surface area (Å²) in [5, 5.41) is 0. The van der Waals surface area contributed by atoms with Crippen molar-refractivity contribution in [2.45, 2.75) is 30.3 Å². The summed E-state index contributed by atoms with van der Waals surface area (Å²) in [7, 11) is 0.962. The molecule has 1 aliphatic carbocycles. The number of halogens is 1. The molecule has 0 amide bonds. The first-order valence-corrected chi connectivity index (χ1v) is 8.46. The highest BCUT2D eigenvalue weighted by Gasteiger charge is 2.25. The lowest BCUT2D eigenvalue weighted by Crippen LogP contribution is -2.32. The second-order valence-corrected chi connectivity index (χ2v) is 7.38. The molecule has 8 nitrogen and oxygen atoms in total. The molecule has 0 bridgehead atoms. The van der Waals surface area contributed by atoms with Gasteiger partial charge < -0.3 is 4.57 Å². The maximum absolute atomic E-state index is 11.8. The third-order valence-electron chi connectivity index (χ3n) is 3.26. The Morgan fingerprint density at radius 1 is 1.38 bits per heavy atom. The molecule has 0 saturated heterocycles. The molecule has 1 saturated carbocycles. The van der Waals surface area contributed by atoms with Gasteiger partial charge in [-0.05, 0) is 12.8 Å². The van der Waals surface area contributed by atoms with E-state index in [1.807, 2.05) is 9.55 Å². The molecule has 2 aromatic heterocycles. The summed E-state index contributed by atoms with van der Waals surface area (Å²) in [6.45, 7) is 0.103. The van der Waals surface area contributed by atoms with Crippen molar-refractivity contribution in [3.63, 3.8) is 0 Å². The van der Waals surface area contributed by atoms with E-state index in [2.05, 4.69) is 4.98 Å². The molecule has 0 spiro atoms. The maximum Gasteiger partial charge on any atom is 0.328 e. The van der Waals surface area contributed by atoms with E-state index in [0.717, 1.165) is 29.3 Å². The quantitative estimate of drug-likeness (QED) is 0.797. The fourth-order valence-corrected chi connectivity index (χ4v) is 2.95. The van der Waals surface area contributed by atoms with Crippen molar-refractivity contribution in [3.8, 4) is 0 Å². The van der Waals surface area contributed by atoms with Crippen molar-refractivity contribution < 1.29 is 8.42 Å². The van der Waals surface area contributed by atoms with Crippen LogP contribution in [0.1, 0.15) is 24.6 Å². The van der Waals surface area contributed by atoms with Crippen LogP contribution in [0, 0.1) is 0 Å². The third-order valence-corrected chi connectivity index (χ3v) is 4.57.